The lowest BCUT2D eigenvalue weighted by molar-refractivity contribution is -0.154. The zero-order chi connectivity index (χ0) is 52.7. The number of esters is 4. The van der Waals surface area contributed by atoms with E-state index in [-0.39, 0.29) is 77.8 Å². The molecule has 0 saturated heterocycles. The molecule has 0 saturated carbocycles. The number of carbonyl (C=O) groups excluding carboxylic acids is 6. The average Bonchev–Trinajstić information content (AvgIpc) is 3.37. The predicted octanol–water partition coefficient (Wildman–Crippen LogP) is 7.57. The lowest BCUT2D eigenvalue weighted by atomic mass is 9.90. The molecule has 0 bridgehead atoms. The number of benzene rings is 4. The van der Waals surface area contributed by atoms with E-state index in [0.717, 1.165) is 22.3 Å². The highest BCUT2D eigenvalue weighted by molar-refractivity contribution is 5.89. The van der Waals surface area contributed by atoms with Gasteiger partial charge in [0.25, 0.3) is 0 Å². The first-order valence-corrected chi connectivity index (χ1v) is 23.2. The van der Waals surface area contributed by atoms with Gasteiger partial charge in [0, 0.05) is 51.4 Å². The van der Waals surface area contributed by atoms with Crippen LogP contribution in [-0.4, -0.2) is 79.7 Å². The van der Waals surface area contributed by atoms with Crippen LogP contribution >= 0.6 is 0 Å². The first-order valence-electron chi connectivity index (χ1n) is 23.2. The highest BCUT2D eigenvalue weighted by Crippen LogP contribution is 2.23. The summed E-state index contributed by atoms with van der Waals surface area (Å²) in [7, 11) is 0. The van der Waals surface area contributed by atoms with E-state index in [1.165, 1.54) is 0 Å². The number of Topliss-reactive ketones (excluding diaryl/α,β-unsaturated/α-hetero) is 2. The maximum Gasteiger partial charge on any atom is 0.309 e. The number of hydrogen-bond donors (Lipinski definition) is 4. The van der Waals surface area contributed by atoms with Gasteiger partial charge in [-0.15, -0.1) is 0 Å². The van der Waals surface area contributed by atoms with Crippen LogP contribution in [0.2, 0.25) is 0 Å². The van der Waals surface area contributed by atoms with E-state index in [2.05, 4.69) is 0 Å². The normalized spacial score (nSPS) is 12.2. The lowest BCUT2D eigenvalue weighted by Gasteiger charge is -2.18. The van der Waals surface area contributed by atoms with Gasteiger partial charge in [0.15, 0.2) is 0 Å². The standard InChI is InChI=1S/C41H42O9.C13H18O9/c42-37(25-35(40(45)49-29-33-17-9-3-10-18-33)21-23-38(43)47-27-31-13-5-1-6-14-31)26-36(41(46)50-30-34-19-11-4-12-20-34)22-24-39(44)48-28-32-15-7-2-8-16-32;14-9(5-7(12(19)20)1-3-10(15)16)6-8(13(21)22)2-4-11(17)18/h1-20,35-36H,21-30H2;7-8H,1-6H2,(H,15,16)(H,17,18)(H,19,20)(H,21,22). The van der Waals surface area contributed by atoms with Gasteiger partial charge >= 0.3 is 47.8 Å². The van der Waals surface area contributed by atoms with E-state index in [1.54, 1.807) is 0 Å². The molecule has 0 heterocycles. The van der Waals surface area contributed by atoms with Crippen LogP contribution in [0.15, 0.2) is 121 Å². The number of rotatable bonds is 32. The zero-order valence-corrected chi connectivity index (χ0v) is 39.7. The first-order chi connectivity index (χ1) is 34.5. The van der Waals surface area contributed by atoms with Crippen molar-refractivity contribution in [3.63, 3.8) is 0 Å². The Hall–Kier alpha value is -8.02. The van der Waals surface area contributed by atoms with Gasteiger partial charge in [-0.3, -0.25) is 47.9 Å². The van der Waals surface area contributed by atoms with Crippen molar-refractivity contribution in [3.05, 3.63) is 144 Å². The van der Waals surface area contributed by atoms with Crippen LogP contribution in [-0.2, 0) is 93.3 Å². The van der Waals surface area contributed by atoms with Gasteiger partial charge < -0.3 is 39.4 Å². The Morgan fingerprint density at radius 1 is 0.333 bits per heavy atom. The summed E-state index contributed by atoms with van der Waals surface area (Å²) < 4.78 is 21.8. The summed E-state index contributed by atoms with van der Waals surface area (Å²) in [5.74, 6) is -12.7. The fourth-order valence-corrected chi connectivity index (χ4v) is 6.99. The molecule has 4 N–H and O–H groups in total. The maximum absolute atomic E-state index is 13.5. The summed E-state index contributed by atoms with van der Waals surface area (Å²) in [5.41, 5.74) is 3.19. The molecule has 4 aromatic rings. The van der Waals surface area contributed by atoms with E-state index < -0.39 is 109 Å². The summed E-state index contributed by atoms with van der Waals surface area (Å²) in [4.78, 5) is 120. The van der Waals surface area contributed by atoms with Gasteiger partial charge in [0.2, 0.25) is 0 Å². The molecule has 0 aliphatic carbocycles. The van der Waals surface area contributed by atoms with E-state index in [1.807, 2.05) is 121 Å². The van der Waals surface area contributed by atoms with Gasteiger partial charge in [-0.25, -0.2) is 0 Å². The molecule has 4 rings (SSSR count). The van der Waals surface area contributed by atoms with Crippen LogP contribution in [0.4, 0.5) is 0 Å². The highest BCUT2D eigenvalue weighted by atomic mass is 16.5. The summed E-state index contributed by atoms with van der Waals surface area (Å²) >= 11 is 0. The summed E-state index contributed by atoms with van der Waals surface area (Å²) in [6, 6.07) is 36.6. The van der Waals surface area contributed by atoms with Crippen molar-refractivity contribution in [2.75, 3.05) is 0 Å². The highest BCUT2D eigenvalue weighted by Gasteiger charge is 2.30. The van der Waals surface area contributed by atoms with E-state index in [4.69, 9.17) is 39.4 Å². The summed E-state index contributed by atoms with van der Waals surface area (Å²) in [6.45, 7) is 0.176. The van der Waals surface area contributed by atoms with Crippen LogP contribution in [0.1, 0.15) is 99.3 Å². The van der Waals surface area contributed by atoms with Gasteiger partial charge in [0.05, 0.1) is 23.7 Å². The smallest absolute Gasteiger partial charge is 0.309 e. The minimum Gasteiger partial charge on any atom is -0.481 e. The Morgan fingerprint density at radius 2 is 0.583 bits per heavy atom. The lowest BCUT2D eigenvalue weighted by Crippen LogP contribution is -2.26. The molecule has 72 heavy (non-hydrogen) atoms. The topological polar surface area (TPSA) is 289 Å². The molecule has 0 radical (unpaired) electrons. The molecular formula is C54H60O18. The number of carbonyl (C=O) groups is 10. The van der Waals surface area contributed by atoms with E-state index in [9.17, 15) is 47.9 Å². The summed E-state index contributed by atoms with van der Waals surface area (Å²) in [5, 5.41) is 34.8. The molecule has 0 aliphatic heterocycles. The van der Waals surface area contributed by atoms with Crippen molar-refractivity contribution in [1.82, 2.24) is 0 Å². The molecule has 18 heteroatoms. The van der Waals surface area contributed by atoms with Gasteiger partial charge in [0.1, 0.15) is 38.0 Å². The molecule has 4 aromatic carbocycles. The Labute approximate surface area is 416 Å². The number of carboxylic acid groups (broad SMARTS) is 4. The largest absolute Gasteiger partial charge is 0.481 e. The van der Waals surface area contributed by atoms with Crippen LogP contribution in [0.3, 0.4) is 0 Å². The van der Waals surface area contributed by atoms with Gasteiger partial charge in [-0.05, 0) is 47.9 Å². The molecule has 4 atom stereocenters. The van der Waals surface area contributed by atoms with Crippen LogP contribution < -0.4 is 0 Å². The fourth-order valence-electron chi connectivity index (χ4n) is 6.99. The number of hydrogen-bond acceptors (Lipinski definition) is 14. The van der Waals surface area contributed by atoms with Crippen molar-refractivity contribution in [1.29, 1.82) is 0 Å². The Morgan fingerprint density at radius 3 is 0.847 bits per heavy atom. The van der Waals surface area contributed by atoms with Crippen LogP contribution in [0.5, 0.6) is 0 Å². The molecule has 0 amide bonds. The van der Waals surface area contributed by atoms with Gasteiger partial charge in [-0.1, -0.05) is 121 Å². The fraction of sp³-hybridized carbons (Fsp3) is 0.370. The van der Waals surface area contributed by atoms with Crippen LogP contribution in [0.25, 0.3) is 0 Å². The molecule has 4 unspecified atom stereocenters. The number of aliphatic carboxylic acids is 4. The van der Waals surface area contributed by atoms with Crippen molar-refractivity contribution in [2.45, 2.75) is 103 Å². The minimum atomic E-state index is -1.33. The monoisotopic (exact) mass is 996 g/mol. The predicted molar refractivity (Wildman–Crippen MR) is 255 cm³/mol. The molecule has 384 valence electrons. The number of ketones is 2. The average molecular weight is 997 g/mol. The Kier molecular flexibility index (Phi) is 26.5. The van der Waals surface area contributed by atoms with Crippen molar-refractivity contribution in [3.8, 4) is 0 Å². The van der Waals surface area contributed by atoms with Crippen molar-refractivity contribution >= 4 is 59.3 Å². The van der Waals surface area contributed by atoms with Crippen LogP contribution in [0, 0.1) is 23.7 Å². The maximum atomic E-state index is 13.5. The Bertz CT molecular complexity index is 2210. The molecule has 18 nitrogen and oxygen atoms in total. The van der Waals surface area contributed by atoms with E-state index >= 15 is 0 Å². The minimum absolute atomic E-state index is 0.00233. The molecule has 0 aliphatic rings. The number of ether oxygens (including phenoxy) is 4. The zero-order valence-electron chi connectivity index (χ0n) is 39.7. The third kappa shape index (κ3) is 25.0. The third-order valence-electron chi connectivity index (χ3n) is 11.0. The van der Waals surface area contributed by atoms with E-state index in [0.29, 0.717) is 0 Å². The van der Waals surface area contributed by atoms with Crippen molar-refractivity contribution < 1.29 is 87.3 Å². The first kappa shape index (κ1) is 58.3. The van der Waals surface area contributed by atoms with Crippen molar-refractivity contribution in [2.24, 2.45) is 23.7 Å². The molecule has 0 aromatic heterocycles. The number of carboxylic acids is 4. The second-order valence-corrected chi connectivity index (χ2v) is 16.8. The molecule has 0 spiro atoms. The summed E-state index contributed by atoms with van der Waals surface area (Å²) in [6.07, 6.45) is -2.95. The molecule has 0 fully saturated rings. The van der Waals surface area contributed by atoms with Gasteiger partial charge in [-0.2, -0.15) is 0 Å². The SMILES string of the molecule is O=C(CC(CCC(=O)OCc1ccccc1)C(=O)OCc1ccccc1)CC(CCC(=O)OCc1ccccc1)C(=O)OCc1ccccc1.O=C(O)CCC(CC(=O)CC(CCC(=O)O)C(=O)O)C(=O)O. The second kappa shape index (κ2) is 32.7. The second-order valence-electron chi connectivity index (χ2n) is 16.8. The molecular weight excluding hydrogens is 937 g/mol. The Balaban J connectivity index is 0.000000523. The quantitative estimate of drug-likeness (QED) is 0.0271. The third-order valence-corrected chi connectivity index (χ3v) is 11.0.